The molecular formula is C17H19ClN4O. The van der Waals surface area contributed by atoms with Crippen molar-refractivity contribution in [1.82, 2.24) is 19.4 Å². The summed E-state index contributed by atoms with van der Waals surface area (Å²) in [5.74, 6) is 0. The van der Waals surface area contributed by atoms with E-state index in [4.69, 9.17) is 11.6 Å². The molecule has 4 rings (SSSR count). The molecule has 1 fully saturated rings. The smallest absolute Gasteiger partial charge is 0.278 e. The fourth-order valence-corrected chi connectivity index (χ4v) is 3.77. The highest BCUT2D eigenvalue weighted by Crippen LogP contribution is 2.25. The van der Waals surface area contributed by atoms with Crippen molar-refractivity contribution in [3.05, 3.63) is 39.9 Å². The molecule has 0 unspecified atom stereocenters. The zero-order valence-corrected chi connectivity index (χ0v) is 13.8. The first-order valence-electron chi connectivity index (χ1n) is 8.08. The number of benzene rings is 1. The Morgan fingerprint density at radius 1 is 1.43 bits per heavy atom. The van der Waals surface area contributed by atoms with Gasteiger partial charge in [-0.1, -0.05) is 18.5 Å². The van der Waals surface area contributed by atoms with E-state index in [0.717, 1.165) is 23.9 Å². The van der Waals surface area contributed by atoms with Crippen molar-refractivity contribution in [1.29, 1.82) is 0 Å². The van der Waals surface area contributed by atoms with Crippen molar-refractivity contribution >= 4 is 33.5 Å². The third kappa shape index (κ3) is 2.44. The fourth-order valence-electron chi connectivity index (χ4n) is 3.60. The van der Waals surface area contributed by atoms with E-state index >= 15 is 0 Å². The molecule has 1 aromatic carbocycles. The van der Waals surface area contributed by atoms with Gasteiger partial charge < -0.3 is 4.98 Å². The summed E-state index contributed by atoms with van der Waals surface area (Å²) in [4.78, 5) is 22.9. The zero-order chi connectivity index (χ0) is 16.0. The minimum absolute atomic E-state index is 0.0240. The number of nitrogens with zero attached hydrogens (tertiary/aromatic N) is 3. The first-order valence-corrected chi connectivity index (χ1v) is 8.45. The molecule has 0 aliphatic carbocycles. The van der Waals surface area contributed by atoms with Crippen molar-refractivity contribution in [2.45, 2.75) is 38.9 Å². The van der Waals surface area contributed by atoms with Gasteiger partial charge in [0.2, 0.25) is 0 Å². The van der Waals surface area contributed by atoms with Gasteiger partial charge in [0, 0.05) is 28.5 Å². The molecule has 1 atom stereocenters. The normalized spacial score (nSPS) is 19.1. The largest absolute Gasteiger partial charge is 0.349 e. The number of likely N-dealkylation sites (tertiary alicyclic amines) is 1. The second-order valence-corrected chi connectivity index (χ2v) is 6.65. The molecule has 5 nitrogen and oxygen atoms in total. The second-order valence-electron chi connectivity index (χ2n) is 6.22. The fraction of sp³-hybridized carbons (Fsp3) is 0.412. The van der Waals surface area contributed by atoms with E-state index in [1.807, 2.05) is 18.2 Å². The Morgan fingerprint density at radius 3 is 3.13 bits per heavy atom. The second kappa shape index (κ2) is 5.65. The third-order valence-electron chi connectivity index (χ3n) is 4.84. The van der Waals surface area contributed by atoms with Gasteiger partial charge in [-0.15, -0.1) is 0 Å². The van der Waals surface area contributed by atoms with Crippen LogP contribution in [-0.2, 0) is 6.67 Å². The maximum absolute atomic E-state index is 12.8. The van der Waals surface area contributed by atoms with Gasteiger partial charge in [0.25, 0.3) is 5.56 Å². The standard InChI is InChI=1S/C17H19ClN4O/c1-2-12-4-3-7-21(12)10-22-9-19-15-13-8-11(18)5-6-14(13)20-16(15)17(22)23/h5-6,8-9,12,20H,2-4,7,10H2,1H3/t12-/m0/s1. The van der Waals surface area contributed by atoms with Crippen molar-refractivity contribution in [3.8, 4) is 0 Å². The molecule has 3 aromatic rings. The molecular weight excluding hydrogens is 312 g/mol. The molecule has 1 N–H and O–H groups in total. The molecule has 1 saturated heterocycles. The lowest BCUT2D eigenvalue weighted by Crippen LogP contribution is -2.35. The lowest BCUT2D eigenvalue weighted by atomic mass is 10.2. The maximum atomic E-state index is 12.8. The van der Waals surface area contributed by atoms with Gasteiger partial charge in [-0.25, -0.2) is 4.98 Å². The van der Waals surface area contributed by atoms with E-state index in [9.17, 15) is 4.79 Å². The van der Waals surface area contributed by atoms with Gasteiger partial charge in [-0.2, -0.15) is 0 Å². The SMILES string of the molecule is CC[C@H]1CCCN1Cn1cnc2c([nH]c3ccc(Cl)cc32)c1=O. The molecule has 120 valence electrons. The average Bonchev–Trinajstić information content (AvgIpc) is 3.14. The quantitative estimate of drug-likeness (QED) is 0.801. The van der Waals surface area contributed by atoms with Crippen molar-refractivity contribution in [2.75, 3.05) is 6.54 Å². The lowest BCUT2D eigenvalue weighted by molar-refractivity contribution is 0.193. The first-order chi connectivity index (χ1) is 11.2. The van der Waals surface area contributed by atoms with Crippen LogP contribution in [0.25, 0.3) is 21.9 Å². The van der Waals surface area contributed by atoms with Gasteiger partial charge in [-0.05, 0) is 37.5 Å². The predicted molar refractivity (Wildman–Crippen MR) is 92.9 cm³/mol. The zero-order valence-electron chi connectivity index (χ0n) is 13.1. The summed E-state index contributed by atoms with van der Waals surface area (Å²) in [5, 5.41) is 1.54. The number of H-pyrrole nitrogens is 1. The Balaban J connectivity index is 1.79. The molecule has 1 aliphatic rings. The van der Waals surface area contributed by atoms with Gasteiger partial charge in [0.05, 0.1) is 13.0 Å². The number of aromatic amines is 1. The number of rotatable bonds is 3. The Bertz CT molecular complexity index is 929. The van der Waals surface area contributed by atoms with Crippen molar-refractivity contribution in [2.24, 2.45) is 0 Å². The number of fused-ring (bicyclic) bond motifs is 3. The highest BCUT2D eigenvalue weighted by molar-refractivity contribution is 6.31. The van der Waals surface area contributed by atoms with Crippen LogP contribution in [0.5, 0.6) is 0 Å². The minimum Gasteiger partial charge on any atom is -0.349 e. The van der Waals surface area contributed by atoms with Crippen LogP contribution < -0.4 is 5.56 Å². The average molecular weight is 331 g/mol. The molecule has 6 heteroatoms. The summed E-state index contributed by atoms with van der Waals surface area (Å²) in [7, 11) is 0. The topological polar surface area (TPSA) is 53.9 Å². The third-order valence-corrected chi connectivity index (χ3v) is 5.07. The molecule has 0 spiro atoms. The molecule has 0 amide bonds. The maximum Gasteiger partial charge on any atom is 0.278 e. The van der Waals surface area contributed by atoms with Crippen molar-refractivity contribution < 1.29 is 0 Å². The van der Waals surface area contributed by atoms with Crippen LogP contribution in [0.2, 0.25) is 5.02 Å². The Morgan fingerprint density at radius 2 is 2.30 bits per heavy atom. The first kappa shape index (κ1) is 14.7. The highest BCUT2D eigenvalue weighted by Gasteiger charge is 2.23. The van der Waals surface area contributed by atoms with E-state index < -0.39 is 0 Å². The monoisotopic (exact) mass is 330 g/mol. The summed E-state index contributed by atoms with van der Waals surface area (Å²) < 4.78 is 1.70. The van der Waals surface area contributed by atoms with Crippen LogP contribution in [0.4, 0.5) is 0 Å². The summed E-state index contributed by atoms with van der Waals surface area (Å²) in [6.45, 7) is 3.86. The lowest BCUT2D eigenvalue weighted by Gasteiger charge is -2.23. The predicted octanol–water partition coefficient (Wildman–Crippen LogP) is 3.36. The van der Waals surface area contributed by atoms with E-state index in [2.05, 4.69) is 21.8 Å². The summed E-state index contributed by atoms with van der Waals surface area (Å²) in [6, 6.07) is 6.11. The summed E-state index contributed by atoms with van der Waals surface area (Å²) in [6.07, 6.45) is 5.19. The minimum atomic E-state index is -0.0240. The van der Waals surface area contributed by atoms with Crippen LogP contribution in [0.1, 0.15) is 26.2 Å². The van der Waals surface area contributed by atoms with Gasteiger partial charge in [-0.3, -0.25) is 14.3 Å². The number of hydrogen-bond donors (Lipinski definition) is 1. The van der Waals surface area contributed by atoms with Gasteiger partial charge in [0.15, 0.2) is 0 Å². The Kier molecular flexibility index (Phi) is 3.62. The van der Waals surface area contributed by atoms with E-state index in [1.54, 1.807) is 10.9 Å². The van der Waals surface area contributed by atoms with Crippen LogP contribution in [0, 0.1) is 0 Å². The van der Waals surface area contributed by atoms with Crippen LogP contribution >= 0.6 is 11.6 Å². The molecule has 23 heavy (non-hydrogen) atoms. The van der Waals surface area contributed by atoms with Crippen LogP contribution in [0.3, 0.4) is 0 Å². The number of nitrogens with one attached hydrogen (secondary N) is 1. The van der Waals surface area contributed by atoms with E-state index in [-0.39, 0.29) is 5.56 Å². The number of halogens is 1. The van der Waals surface area contributed by atoms with E-state index in [0.29, 0.717) is 28.8 Å². The van der Waals surface area contributed by atoms with Crippen LogP contribution in [-0.4, -0.2) is 32.0 Å². The highest BCUT2D eigenvalue weighted by atomic mass is 35.5. The Hall–Kier alpha value is -1.85. The summed E-state index contributed by atoms with van der Waals surface area (Å²) in [5.41, 5.74) is 2.11. The van der Waals surface area contributed by atoms with Crippen molar-refractivity contribution in [3.63, 3.8) is 0 Å². The molecule has 1 aliphatic heterocycles. The Labute approximate surface area is 138 Å². The van der Waals surface area contributed by atoms with E-state index in [1.165, 1.54) is 12.8 Å². The molecule has 0 saturated carbocycles. The molecule has 3 heterocycles. The summed E-state index contributed by atoms with van der Waals surface area (Å²) >= 11 is 6.06. The molecule has 0 bridgehead atoms. The van der Waals surface area contributed by atoms with Gasteiger partial charge >= 0.3 is 0 Å². The van der Waals surface area contributed by atoms with Crippen LogP contribution in [0.15, 0.2) is 29.3 Å². The number of hydrogen-bond acceptors (Lipinski definition) is 3. The van der Waals surface area contributed by atoms with Gasteiger partial charge in [0.1, 0.15) is 11.0 Å². The number of aromatic nitrogens is 3. The molecule has 0 radical (unpaired) electrons. The molecule has 2 aromatic heterocycles.